The number of nitrogens with two attached hydrogens (primary N) is 2. The van der Waals surface area contributed by atoms with Gasteiger partial charge in [-0.05, 0) is 44.9 Å². The van der Waals surface area contributed by atoms with Crippen molar-refractivity contribution in [2.24, 2.45) is 11.5 Å². The van der Waals surface area contributed by atoms with E-state index in [0.29, 0.717) is 6.54 Å². The van der Waals surface area contributed by atoms with Gasteiger partial charge in [0.05, 0.1) is 11.2 Å². The van der Waals surface area contributed by atoms with E-state index in [2.05, 4.69) is 4.98 Å². The van der Waals surface area contributed by atoms with Crippen LogP contribution >= 0.6 is 0 Å². The van der Waals surface area contributed by atoms with Crippen LogP contribution in [0.5, 0.6) is 0 Å². The summed E-state index contributed by atoms with van der Waals surface area (Å²) in [5.74, 6) is 1.90. The first-order valence-corrected chi connectivity index (χ1v) is 7.20. The van der Waals surface area contributed by atoms with Crippen LogP contribution in [-0.4, -0.2) is 29.8 Å². The maximum Gasteiger partial charge on any atom is 0.487 e. The third kappa shape index (κ3) is 3.35. The number of rotatable bonds is 4. The van der Waals surface area contributed by atoms with Crippen molar-refractivity contribution in [2.75, 3.05) is 6.54 Å². The Morgan fingerprint density at radius 3 is 2.48 bits per heavy atom. The summed E-state index contributed by atoms with van der Waals surface area (Å²) in [4.78, 5) is 4.11. The largest absolute Gasteiger partial charge is 0.487 e. The smallest absolute Gasteiger partial charge is 0.400 e. The molecule has 1 fully saturated rings. The van der Waals surface area contributed by atoms with E-state index in [0.717, 1.165) is 11.1 Å². The molecule has 1 aliphatic heterocycles. The predicted octanol–water partition coefficient (Wildman–Crippen LogP) is 1.68. The quantitative estimate of drug-likeness (QED) is 0.824. The average Bonchev–Trinajstić information content (AvgIpc) is 2.64. The Morgan fingerprint density at radius 1 is 1.29 bits per heavy atom. The lowest BCUT2D eigenvalue weighted by atomic mass is 9.88. The zero-order valence-electron chi connectivity index (χ0n) is 13.2. The Labute approximate surface area is 126 Å². The molecule has 114 valence electrons. The van der Waals surface area contributed by atoms with Gasteiger partial charge in [0.25, 0.3) is 0 Å². The molecule has 1 saturated heterocycles. The molecular weight excluding hydrogens is 265 g/mol. The van der Waals surface area contributed by atoms with Gasteiger partial charge in [-0.25, -0.2) is 0 Å². The molecule has 0 amide bonds. The van der Waals surface area contributed by atoms with E-state index in [1.807, 2.05) is 45.8 Å². The van der Waals surface area contributed by atoms with E-state index in [1.165, 1.54) is 0 Å². The maximum atomic E-state index is 6.00. The van der Waals surface area contributed by atoms with E-state index in [-0.39, 0.29) is 24.4 Å². The molecule has 0 saturated carbocycles. The second kappa shape index (κ2) is 5.89. The second-order valence-electron chi connectivity index (χ2n) is 6.33. The molecule has 2 heterocycles. The van der Waals surface area contributed by atoms with Crippen molar-refractivity contribution in [2.45, 2.75) is 44.9 Å². The summed E-state index contributed by atoms with van der Waals surface area (Å²) in [7, 11) is -0.370. The van der Waals surface area contributed by atoms with Crippen molar-refractivity contribution in [3.8, 4) is 0 Å². The van der Waals surface area contributed by atoms with Gasteiger partial charge in [-0.15, -0.1) is 0 Å². The van der Waals surface area contributed by atoms with Crippen LogP contribution in [0.25, 0.3) is 6.08 Å². The predicted molar refractivity (Wildman–Crippen MR) is 85.3 cm³/mol. The van der Waals surface area contributed by atoms with Gasteiger partial charge in [0.15, 0.2) is 0 Å². The number of pyridine rings is 1. The molecule has 1 aromatic rings. The summed E-state index contributed by atoms with van der Waals surface area (Å²) in [6.45, 7) is 8.50. The SMILES string of the molecule is CC1(C)OB(/C=C/c2ccncc2C(N)CN)OC1(C)C. The van der Waals surface area contributed by atoms with Gasteiger partial charge in [-0.1, -0.05) is 12.1 Å². The first kappa shape index (κ1) is 16.2. The van der Waals surface area contributed by atoms with Crippen LogP contribution in [0.2, 0.25) is 0 Å². The van der Waals surface area contributed by atoms with Gasteiger partial charge in [0.2, 0.25) is 0 Å². The average molecular weight is 289 g/mol. The summed E-state index contributed by atoms with van der Waals surface area (Å²) in [5.41, 5.74) is 12.9. The number of aromatic nitrogens is 1. The standard InChI is InChI=1S/C15H24BN3O2/c1-14(2)15(3,4)21-16(20-14)7-5-11-6-8-19-10-12(11)13(18)9-17/h5-8,10,13H,9,17-18H2,1-4H3/b7-5+. The minimum Gasteiger partial charge on any atom is -0.400 e. The molecule has 1 atom stereocenters. The summed E-state index contributed by atoms with van der Waals surface area (Å²) < 4.78 is 11.9. The third-order valence-electron chi connectivity index (χ3n) is 4.24. The second-order valence-corrected chi connectivity index (χ2v) is 6.33. The fourth-order valence-corrected chi connectivity index (χ4v) is 2.16. The highest BCUT2D eigenvalue weighted by molar-refractivity contribution is 6.52. The summed E-state index contributed by atoms with van der Waals surface area (Å²) in [6.07, 6.45) is 5.44. The topological polar surface area (TPSA) is 83.4 Å². The van der Waals surface area contributed by atoms with E-state index in [9.17, 15) is 0 Å². The minimum absolute atomic E-state index is 0.225. The molecule has 0 radical (unpaired) electrons. The van der Waals surface area contributed by atoms with Gasteiger partial charge in [-0.2, -0.15) is 0 Å². The molecule has 21 heavy (non-hydrogen) atoms. The Hall–Kier alpha value is -1.21. The van der Waals surface area contributed by atoms with Crippen molar-refractivity contribution < 1.29 is 9.31 Å². The highest BCUT2D eigenvalue weighted by Gasteiger charge is 2.49. The van der Waals surface area contributed by atoms with Gasteiger partial charge in [0.1, 0.15) is 0 Å². The van der Waals surface area contributed by atoms with Gasteiger partial charge < -0.3 is 20.8 Å². The normalized spacial score (nSPS) is 21.9. The van der Waals surface area contributed by atoms with Crippen LogP contribution in [0.1, 0.15) is 44.9 Å². The molecular formula is C15H24BN3O2. The monoisotopic (exact) mass is 289 g/mol. The lowest BCUT2D eigenvalue weighted by Crippen LogP contribution is -2.41. The molecule has 0 aliphatic carbocycles. The first-order chi connectivity index (χ1) is 9.77. The Bertz CT molecular complexity index is 515. The summed E-state index contributed by atoms with van der Waals surface area (Å²) in [5, 5.41) is 0. The fraction of sp³-hybridized carbons (Fsp3) is 0.533. The van der Waals surface area contributed by atoms with Crippen molar-refractivity contribution in [1.82, 2.24) is 4.98 Å². The van der Waals surface area contributed by atoms with Crippen molar-refractivity contribution in [3.05, 3.63) is 35.6 Å². The molecule has 4 N–H and O–H groups in total. The summed E-state index contributed by atoms with van der Waals surface area (Å²) >= 11 is 0. The van der Waals surface area contributed by atoms with Crippen molar-refractivity contribution >= 4 is 13.2 Å². The lowest BCUT2D eigenvalue weighted by molar-refractivity contribution is 0.00578. The fourth-order valence-electron chi connectivity index (χ4n) is 2.16. The van der Waals surface area contributed by atoms with Crippen LogP contribution in [0.15, 0.2) is 24.4 Å². The molecule has 1 aliphatic rings. The van der Waals surface area contributed by atoms with Crippen LogP contribution < -0.4 is 11.5 Å². The van der Waals surface area contributed by atoms with Gasteiger partial charge in [0, 0.05) is 25.0 Å². The van der Waals surface area contributed by atoms with Gasteiger partial charge >= 0.3 is 7.12 Å². The minimum atomic E-state index is -0.370. The lowest BCUT2D eigenvalue weighted by Gasteiger charge is -2.32. The molecule has 0 aromatic carbocycles. The summed E-state index contributed by atoms with van der Waals surface area (Å²) in [6, 6.07) is 1.68. The zero-order valence-corrected chi connectivity index (χ0v) is 13.2. The third-order valence-corrected chi connectivity index (χ3v) is 4.24. The van der Waals surface area contributed by atoms with Crippen LogP contribution in [-0.2, 0) is 9.31 Å². The van der Waals surface area contributed by atoms with E-state index >= 15 is 0 Å². The van der Waals surface area contributed by atoms with Crippen molar-refractivity contribution in [1.29, 1.82) is 0 Å². The molecule has 0 spiro atoms. The Morgan fingerprint density at radius 2 is 1.90 bits per heavy atom. The molecule has 2 rings (SSSR count). The van der Waals surface area contributed by atoms with E-state index in [1.54, 1.807) is 12.4 Å². The molecule has 1 aromatic heterocycles. The Balaban J connectivity index is 2.17. The molecule has 1 unspecified atom stereocenters. The zero-order chi connectivity index (χ0) is 15.7. The van der Waals surface area contributed by atoms with E-state index in [4.69, 9.17) is 20.8 Å². The van der Waals surface area contributed by atoms with Crippen LogP contribution in [0.4, 0.5) is 0 Å². The highest BCUT2D eigenvalue weighted by atomic mass is 16.7. The van der Waals surface area contributed by atoms with Gasteiger partial charge in [-0.3, -0.25) is 4.98 Å². The first-order valence-electron chi connectivity index (χ1n) is 7.20. The molecule has 0 bridgehead atoms. The maximum absolute atomic E-state index is 6.00. The Kier molecular flexibility index (Phi) is 4.53. The number of hydrogen-bond acceptors (Lipinski definition) is 5. The van der Waals surface area contributed by atoms with Crippen LogP contribution in [0, 0.1) is 0 Å². The van der Waals surface area contributed by atoms with E-state index < -0.39 is 0 Å². The van der Waals surface area contributed by atoms with Crippen LogP contribution in [0.3, 0.4) is 0 Å². The number of nitrogens with zero attached hydrogens (tertiary/aromatic N) is 1. The number of hydrogen-bond donors (Lipinski definition) is 2. The van der Waals surface area contributed by atoms with Crippen molar-refractivity contribution in [3.63, 3.8) is 0 Å². The highest BCUT2D eigenvalue weighted by Crippen LogP contribution is 2.37. The molecule has 5 nitrogen and oxygen atoms in total. The molecule has 6 heteroatoms.